The zero-order chi connectivity index (χ0) is 11.4. The average Bonchev–Trinajstić information content (AvgIpc) is 2.66. The molecule has 3 heteroatoms. The lowest BCUT2D eigenvalue weighted by Crippen LogP contribution is -2.11. The van der Waals surface area contributed by atoms with Gasteiger partial charge in [-0.25, -0.2) is 0 Å². The summed E-state index contributed by atoms with van der Waals surface area (Å²) in [4.78, 5) is 4.21. The predicted octanol–water partition coefficient (Wildman–Crippen LogP) is 1.96. The van der Waals surface area contributed by atoms with Gasteiger partial charge in [-0.15, -0.1) is 0 Å². The van der Waals surface area contributed by atoms with E-state index in [4.69, 9.17) is 0 Å². The first-order valence-corrected chi connectivity index (χ1v) is 5.49. The molecule has 1 N–H and O–H groups in total. The Bertz CT molecular complexity index is 460. The van der Waals surface area contributed by atoms with Crippen molar-refractivity contribution in [1.82, 2.24) is 14.9 Å². The molecule has 0 saturated carbocycles. The second kappa shape index (κ2) is 4.94. The highest BCUT2D eigenvalue weighted by Gasteiger charge is 2.01. The molecule has 0 aromatic carbocycles. The summed E-state index contributed by atoms with van der Waals surface area (Å²) in [6.45, 7) is 3.85. The lowest BCUT2D eigenvalue weighted by Gasteiger charge is -2.09. The van der Waals surface area contributed by atoms with Crippen LogP contribution in [0.25, 0.3) is 0 Å². The normalized spacial score (nSPS) is 10.6. The Hall–Kier alpha value is -1.61. The van der Waals surface area contributed by atoms with Gasteiger partial charge < -0.3 is 9.88 Å². The Labute approximate surface area is 96.1 Å². The van der Waals surface area contributed by atoms with Crippen LogP contribution in [0.4, 0.5) is 0 Å². The van der Waals surface area contributed by atoms with Gasteiger partial charge in [0.15, 0.2) is 0 Å². The van der Waals surface area contributed by atoms with Gasteiger partial charge in [0.2, 0.25) is 0 Å². The number of pyridine rings is 1. The largest absolute Gasteiger partial charge is 0.346 e. The van der Waals surface area contributed by atoms with E-state index in [-0.39, 0.29) is 0 Å². The zero-order valence-electron chi connectivity index (χ0n) is 9.77. The quantitative estimate of drug-likeness (QED) is 0.845. The number of nitrogens with one attached hydrogen (secondary N) is 1. The van der Waals surface area contributed by atoms with E-state index in [1.165, 1.54) is 16.8 Å². The summed E-state index contributed by atoms with van der Waals surface area (Å²) >= 11 is 0. The number of hydrogen-bond acceptors (Lipinski definition) is 2. The molecule has 2 aromatic rings. The fraction of sp³-hybridized carbons (Fsp3) is 0.308. The van der Waals surface area contributed by atoms with Gasteiger partial charge in [-0.3, -0.25) is 4.98 Å². The Kier molecular flexibility index (Phi) is 3.37. The summed E-state index contributed by atoms with van der Waals surface area (Å²) in [6.07, 6.45) is 5.92. The van der Waals surface area contributed by atoms with Gasteiger partial charge in [0.25, 0.3) is 0 Å². The van der Waals surface area contributed by atoms with E-state index in [1.54, 1.807) is 0 Å². The van der Waals surface area contributed by atoms with Crippen molar-refractivity contribution in [3.63, 3.8) is 0 Å². The van der Waals surface area contributed by atoms with E-state index < -0.39 is 0 Å². The second-order valence-corrected chi connectivity index (χ2v) is 4.03. The molecule has 0 amide bonds. The maximum atomic E-state index is 4.21. The number of aryl methyl sites for hydroxylation is 1. The number of aromatic nitrogens is 2. The van der Waals surface area contributed by atoms with E-state index in [9.17, 15) is 0 Å². The molecule has 16 heavy (non-hydrogen) atoms. The monoisotopic (exact) mass is 215 g/mol. The third-order valence-electron chi connectivity index (χ3n) is 2.57. The summed E-state index contributed by atoms with van der Waals surface area (Å²) in [5.74, 6) is 0. The molecule has 0 bridgehead atoms. The molecule has 2 rings (SSSR count). The summed E-state index contributed by atoms with van der Waals surface area (Å²) in [5.41, 5.74) is 3.75. The van der Waals surface area contributed by atoms with Gasteiger partial charge in [-0.1, -0.05) is 6.07 Å². The van der Waals surface area contributed by atoms with Crippen molar-refractivity contribution in [2.24, 2.45) is 0 Å². The molecule has 0 aliphatic heterocycles. The van der Waals surface area contributed by atoms with E-state index >= 15 is 0 Å². The lowest BCUT2D eigenvalue weighted by atomic mass is 10.2. The fourth-order valence-corrected chi connectivity index (χ4v) is 1.85. The van der Waals surface area contributed by atoms with Crippen molar-refractivity contribution in [3.05, 3.63) is 53.6 Å². The molecular formula is C13H17N3. The third kappa shape index (κ3) is 2.49. The Morgan fingerprint density at radius 1 is 1.38 bits per heavy atom. The van der Waals surface area contributed by atoms with Crippen LogP contribution in [0.2, 0.25) is 0 Å². The molecule has 0 spiro atoms. The Morgan fingerprint density at radius 3 is 3.00 bits per heavy atom. The van der Waals surface area contributed by atoms with E-state index in [2.05, 4.69) is 46.2 Å². The van der Waals surface area contributed by atoms with Gasteiger partial charge in [-0.05, 0) is 37.2 Å². The van der Waals surface area contributed by atoms with Gasteiger partial charge in [-0.2, -0.15) is 0 Å². The highest BCUT2D eigenvalue weighted by atomic mass is 15.0. The summed E-state index contributed by atoms with van der Waals surface area (Å²) in [6, 6.07) is 6.39. The highest BCUT2D eigenvalue weighted by Crippen LogP contribution is 2.08. The van der Waals surface area contributed by atoms with Crippen LogP contribution in [0.15, 0.2) is 36.8 Å². The molecule has 0 saturated heterocycles. The van der Waals surface area contributed by atoms with Crippen LogP contribution < -0.4 is 5.32 Å². The van der Waals surface area contributed by atoms with Crippen LogP contribution >= 0.6 is 0 Å². The highest BCUT2D eigenvalue weighted by molar-refractivity contribution is 5.18. The van der Waals surface area contributed by atoms with E-state index in [1.807, 2.05) is 19.4 Å². The van der Waals surface area contributed by atoms with Crippen molar-refractivity contribution in [3.8, 4) is 0 Å². The molecular weight excluding hydrogens is 198 g/mol. The maximum Gasteiger partial charge on any atom is 0.0488 e. The van der Waals surface area contributed by atoms with Crippen molar-refractivity contribution >= 4 is 0 Å². The van der Waals surface area contributed by atoms with Gasteiger partial charge >= 0.3 is 0 Å². The Balaban J connectivity index is 2.17. The first-order valence-electron chi connectivity index (χ1n) is 5.49. The second-order valence-electron chi connectivity index (χ2n) is 4.03. The van der Waals surface area contributed by atoms with Crippen LogP contribution in [-0.4, -0.2) is 16.6 Å². The lowest BCUT2D eigenvalue weighted by molar-refractivity contribution is 0.692. The van der Waals surface area contributed by atoms with Crippen LogP contribution in [-0.2, 0) is 13.1 Å². The van der Waals surface area contributed by atoms with Crippen molar-refractivity contribution in [2.45, 2.75) is 20.0 Å². The van der Waals surface area contributed by atoms with Crippen molar-refractivity contribution in [1.29, 1.82) is 0 Å². The minimum atomic E-state index is 0.888. The van der Waals surface area contributed by atoms with Gasteiger partial charge in [0, 0.05) is 37.4 Å². The molecule has 0 fully saturated rings. The van der Waals surface area contributed by atoms with E-state index in [0.29, 0.717) is 0 Å². The first kappa shape index (κ1) is 10.9. The summed E-state index contributed by atoms with van der Waals surface area (Å²) in [7, 11) is 1.96. The summed E-state index contributed by atoms with van der Waals surface area (Å²) < 4.78 is 2.24. The first-order chi connectivity index (χ1) is 7.79. The molecule has 2 aromatic heterocycles. The summed E-state index contributed by atoms with van der Waals surface area (Å²) in [5, 5.41) is 3.17. The topological polar surface area (TPSA) is 29.9 Å². The van der Waals surface area contributed by atoms with Crippen LogP contribution in [0.1, 0.15) is 16.8 Å². The standard InChI is InChI=1S/C13H17N3/c1-11-6-12(8-15-7-11)10-16-5-3-4-13(16)9-14-2/h3-8,14H,9-10H2,1-2H3. The molecule has 0 unspecified atom stereocenters. The van der Waals surface area contributed by atoms with Crippen LogP contribution in [0.3, 0.4) is 0 Å². The van der Waals surface area contributed by atoms with Crippen LogP contribution in [0.5, 0.6) is 0 Å². The zero-order valence-corrected chi connectivity index (χ0v) is 9.77. The molecule has 0 atom stereocenters. The van der Waals surface area contributed by atoms with Gasteiger partial charge in [0.05, 0.1) is 0 Å². The molecule has 3 nitrogen and oxygen atoms in total. The smallest absolute Gasteiger partial charge is 0.0488 e. The fourth-order valence-electron chi connectivity index (χ4n) is 1.85. The molecule has 0 radical (unpaired) electrons. The Morgan fingerprint density at radius 2 is 2.25 bits per heavy atom. The third-order valence-corrected chi connectivity index (χ3v) is 2.57. The SMILES string of the molecule is CNCc1cccn1Cc1cncc(C)c1. The maximum absolute atomic E-state index is 4.21. The van der Waals surface area contributed by atoms with Crippen molar-refractivity contribution in [2.75, 3.05) is 7.05 Å². The molecule has 0 aliphatic carbocycles. The average molecular weight is 215 g/mol. The molecule has 84 valence electrons. The molecule has 0 aliphatic rings. The minimum Gasteiger partial charge on any atom is -0.346 e. The van der Waals surface area contributed by atoms with E-state index in [0.717, 1.165) is 13.1 Å². The van der Waals surface area contributed by atoms with Gasteiger partial charge in [0.1, 0.15) is 0 Å². The number of nitrogens with zero attached hydrogens (tertiary/aromatic N) is 2. The number of rotatable bonds is 4. The minimum absolute atomic E-state index is 0.888. The van der Waals surface area contributed by atoms with Crippen molar-refractivity contribution < 1.29 is 0 Å². The number of hydrogen-bond donors (Lipinski definition) is 1. The predicted molar refractivity (Wildman–Crippen MR) is 65.3 cm³/mol. The molecule has 2 heterocycles. The van der Waals surface area contributed by atoms with Crippen LogP contribution in [0, 0.1) is 6.92 Å².